The quantitative estimate of drug-likeness (QED) is 0.649. The lowest BCUT2D eigenvalue weighted by atomic mass is 10.4. The average molecular weight is 167 g/mol. The van der Waals surface area contributed by atoms with Crippen LogP contribution in [-0.2, 0) is 6.54 Å². The van der Waals surface area contributed by atoms with E-state index < -0.39 is 0 Å². The van der Waals surface area contributed by atoms with Crippen LogP contribution in [0.5, 0.6) is 0 Å². The maximum Gasteiger partial charge on any atom is 0.239 e. The fourth-order valence-electron chi connectivity index (χ4n) is 1.53. The Morgan fingerprint density at radius 1 is 1.42 bits per heavy atom. The Kier molecular flexibility index (Phi) is 1.95. The third kappa shape index (κ3) is 1.55. The fourth-order valence-corrected chi connectivity index (χ4v) is 1.53. The number of aromatic nitrogens is 3. The second kappa shape index (κ2) is 3.10. The van der Waals surface area contributed by atoms with Crippen molar-refractivity contribution in [3.63, 3.8) is 0 Å². The molecule has 0 saturated carbocycles. The summed E-state index contributed by atoms with van der Waals surface area (Å²) in [5.41, 5.74) is 5.38. The van der Waals surface area contributed by atoms with Crippen LogP contribution in [0.2, 0.25) is 0 Å². The first-order chi connectivity index (χ1) is 5.84. The van der Waals surface area contributed by atoms with Gasteiger partial charge in [0.2, 0.25) is 5.95 Å². The van der Waals surface area contributed by atoms with Gasteiger partial charge in [-0.25, -0.2) is 0 Å². The standard InChI is InChI=1S/C7H13N5/c8-7-9-6(10-11-7)5-12-3-1-2-4-12/h1-5H2,(H3,8,9,10,11). The van der Waals surface area contributed by atoms with Gasteiger partial charge in [-0.05, 0) is 25.9 Å². The van der Waals surface area contributed by atoms with Crippen molar-refractivity contribution in [2.45, 2.75) is 19.4 Å². The number of likely N-dealkylation sites (tertiary alicyclic amines) is 1. The van der Waals surface area contributed by atoms with Crippen molar-refractivity contribution in [1.29, 1.82) is 0 Å². The number of hydrogen-bond acceptors (Lipinski definition) is 4. The predicted octanol–water partition coefficient (Wildman–Crippen LogP) is -0.0173. The molecule has 1 fully saturated rings. The molecule has 5 heteroatoms. The first kappa shape index (κ1) is 7.54. The Labute approximate surface area is 71.0 Å². The van der Waals surface area contributed by atoms with E-state index in [1.165, 1.54) is 25.9 Å². The number of aromatic amines is 1. The molecule has 0 spiro atoms. The molecular formula is C7H13N5. The number of nitrogens with two attached hydrogens (primary N) is 1. The van der Waals surface area contributed by atoms with E-state index in [2.05, 4.69) is 20.1 Å². The van der Waals surface area contributed by atoms with Gasteiger partial charge in [0.1, 0.15) is 5.82 Å². The van der Waals surface area contributed by atoms with E-state index in [1.54, 1.807) is 0 Å². The second-order valence-corrected chi connectivity index (χ2v) is 3.12. The van der Waals surface area contributed by atoms with Crippen LogP contribution in [0.1, 0.15) is 18.7 Å². The zero-order valence-electron chi connectivity index (χ0n) is 6.95. The molecule has 3 N–H and O–H groups in total. The highest BCUT2D eigenvalue weighted by Crippen LogP contribution is 2.09. The summed E-state index contributed by atoms with van der Waals surface area (Å²) < 4.78 is 0. The van der Waals surface area contributed by atoms with Gasteiger partial charge in [0.25, 0.3) is 0 Å². The first-order valence-corrected chi connectivity index (χ1v) is 4.24. The van der Waals surface area contributed by atoms with Gasteiger partial charge < -0.3 is 5.73 Å². The molecule has 5 nitrogen and oxygen atoms in total. The Balaban J connectivity index is 1.94. The molecule has 0 bridgehead atoms. The number of anilines is 1. The Bertz CT molecular complexity index is 250. The molecule has 0 aliphatic carbocycles. The van der Waals surface area contributed by atoms with Crippen molar-refractivity contribution in [3.8, 4) is 0 Å². The van der Waals surface area contributed by atoms with Crippen LogP contribution in [-0.4, -0.2) is 33.2 Å². The molecule has 1 aliphatic rings. The first-order valence-electron chi connectivity index (χ1n) is 4.24. The molecule has 0 atom stereocenters. The number of nitrogens with zero attached hydrogens (tertiary/aromatic N) is 3. The van der Waals surface area contributed by atoms with Crippen molar-refractivity contribution >= 4 is 5.95 Å². The molecule has 66 valence electrons. The summed E-state index contributed by atoms with van der Waals surface area (Å²) in [7, 11) is 0. The summed E-state index contributed by atoms with van der Waals surface area (Å²) in [6.45, 7) is 3.19. The van der Waals surface area contributed by atoms with E-state index >= 15 is 0 Å². The van der Waals surface area contributed by atoms with Crippen molar-refractivity contribution in [2.24, 2.45) is 0 Å². The van der Waals surface area contributed by atoms with Crippen LogP contribution in [0.4, 0.5) is 5.95 Å². The molecule has 12 heavy (non-hydrogen) atoms. The Morgan fingerprint density at radius 2 is 2.17 bits per heavy atom. The Hall–Kier alpha value is -1.10. The molecule has 2 heterocycles. The normalized spacial score (nSPS) is 18.7. The highest BCUT2D eigenvalue weighted by molar-refractivity contribution is 5.12. The third-order valence-corrected chi connectivity index (χ3v) is 2.12. The zero-order chi connectivity index (χ0) is 8.39. The summed E-state index contributed by atoms with van der Waals surface area (Å²) in [4.78, 5) is 6.39. The molecule has 1 saturated heterocycles. The smallest absolute Gasteiger partial charge is 0.239 e. The maximum atomic E-state index is 5.38. The van der Waals surface area contributed by atoms with Crippen LogP contribution >= 0.6 is 0 Å². The minimum Gasteiger partial charge on any atom is -0.367 e. The van der Waals surface area contributed by atoms with Crippen LogP contribution in [0.3, 0.4) is 0 Å². The van der Waals surface area contributed by atoms with Gasteiger partial charge in [-0.15, -0.1) is 5.10 Å². The third-order valence-electron chi connectivity index (χ3n) is 2.12. The lowest BCUT2D eigenvalue weighted by Crippen LogP contribution is -2.19. The topological polar surface area (TPSA) is 70.8 Å². The van der Waals surface area contributed by atoms with Crippen LogP contribution in [0, 0.1) is 0 Å². The second-order valence-electron chi connectivity index (χ2n) is 3.12. The largest absolute Gasteiger partial charge is 0.367 e. The van der Waals surface area contributed by atoms with E-state index in [1.807, 2.05) is 0 Å². The number of rotatable bonds is 2. The summed E-state index contributed by atoms with van der Waals surface area (Å²) in [6.07, 6.45) is 2.59. The average Bonchev–Trinajstić information content (AvgIpc) is 2.63. The highest BCUT2D eigenvalue weighted by Gasteiger charge is 2.13. The zero-order valence-corrected chi connectivity index (χ0v) is 6.95. The van der Waals surface area contributed by atoms with E-state index in [0.29, 0.717) is 5.95 Å². The summed E-state index contributed by atoms with van der Waals surface area (Å²) in [5.74, 6) is 1.21. The molecule has 2 rings (SSSR count). The highest BCUT2D eigenvalue weighted by atomic mass is 15.3. The lowest BCUT2D eigenvalue weighted by Gasteiger charge is -2.10. The Morgan fingerprint density at radius 3 is 2.75 bits per heavy atom. The van der Waals surface area contributed by atoms with Gasteiger partial charge in [-0.3, -0.25) is 10.00 Å². The fraction of sp³-hybridized carbons (Fsp3) is 0.714. The van der Waals surface area contributed by atoms with Crippen molar-refractivity contribution in [1.82, 2.24) is 20.1 Å². The SMILES string of the molecule is Nc1n[nH]c(CN2CCCC2)n1. The molecule has 0 unspecified atom stereocenters. The van der Waals surface area contributed by atoms with E-state index in [0.717, 1.165) is 12.4 Å². The number of nitrogens with one attached hydrogen (secondary N) is 1. The van der Waals surface area contributed by atoms with Crippen LogP contribution < -0.4 is 5.73 Å². The van der Waals surface area contributed by atoms with Crippen molar-refractivity contribution in [3.05, 3.63) is 5.82 Å². The van der Waals surface area contributed by atoms with E-state index in [9.17, 15) is 0 Å². The molecule has 1 aliphatic heterocycles. The minimum absolute atomic E-state index is 0.337. The van der Waals surface area contributed by atoms with E-state index in [4.69, 9.17) is 5.73 Å². The summed E-state index contributed by atoms with van der Waals surface area (Å²) >= 11 is 0. The predicted molar refractivity (Wildman–Crippen MR) is 45.3 cm³/mol. The number of H-pyrrole nitrogens is 1. The van der Waals surface area contributed by atoms with Gasteiger partial charge in [-0.1, -0.05) is 0 Å². The van der Waals surface area contributed by atoms with Gasteiger partial charge >= 0.3 is 0 Å². The molecule has 0 radical (unpaired) electrons. The minimum atomic E-state index is 0.337. The number of nitrogen functional groups attached to an aromatic ring is 1. The summed E-state index contributed by atoms with van der Waals surface area (Å²) in [6, 6.07) is 0. The van der Waals surface area contributed by atoms with Gasteiger partial charge in [0.15, 0.2) is 0 Å². The van der Waals surface area contributed by atoms with Crippen LogP contribution in [0.25, 0.3) is 0 Å². The van der Waals surface area contributed by atoms with Crippen molar-refractivity contribution in [2.75, 3.05) is 18.8 Å². The van der Waals surface area contributed by atoms with Gasteiger partial charge in [0, 0.05) is 0 Å². The monoisotopic (exact) mass is 167 g/mol. The van der Waals surface area contributed by atoms with Crippen LogP contribution in [0.15, 0.2) is 0 Å². The van der Waals surface area contributed by atoms with Gasteiger partial charge in [0.05, 0.1) is 6.54 Å². The molecule has 0 aromatic carbocycles. The summed E-state index contributed by atoms with van der Waals surface area (Å²) in [5, 5.41) is 6.58. The van der Waals surface area contributed by atoms with Gasteiger partial charge in [-0.2, -0.15) is 4.98 Å². The number of hydrogen-bond donors (Lipinski definition) is 2. The van der Waals surface area contributed by atoms with E-state index in [-0.39, 0.29) is 0 Å². The maximum absolute atomic E-state index is 5.38. The lowest BCUT2D eigenvalue weighted by molar-refractivity contribution is 0.323. The molecule has 1 aromatic rings. The molecule has 0 amide bonds. The van der Waals surface area contributed by atoms with Crippen molar-refractivity contribution < 1.29 is 0 Å². The molecular weight excluding hydrogens is 154 g/mol. The molecule has 1 aromatic heterocycles.